The van der Waals surface area contributed by atoms with Gasteiger partial charge in [-0.3, -0.25) is 9.69 Å². The maximum Gasteiger partial charge on any atom is 0.416 e. The number of benzene rings is 2. The molecule has 1 N–H and O–H groups in total. The molecule has 174 valence electrons. The zero-order chi connectivity index (χ0) is 23.3. The van der Waals surface area contributed by atoms with Crippen LogP contribution in [-0.2, 0) is 24.1 Å². The molecule has 0 aromatic heterocycles. The van der Waals surface area contributed by atoms with Crippen molar-refractivity contribution in [3.63, 3.8) is 0 Å². The maximum atomic E-state index is 12.8. The molecular formula is C23H27F3N2O4. The number of nitrogens with zero attached hydrogens (tertiary/aromatic N) is 1. The topological polar surface area (TPSA) is 60.0 Å². The van der Waals surface area contributed by atoms with Gasteiger partial charge in [0.05, 0.1) is 33.4 Å². The Bertz CT molecular complexity index is 928. The summed E-state index contributed by atoms with van der Waals surface area (Å²) in [7, 11) is 4.59. The first-order chi connectivity index (χ1) is 15.2. The number of halogens is 3. The molecule has 1 fully saturated rings. The largest absolute Gasteiger partial charge is 0.496 e. The average Bonchev–Trinajstić information content (AvgIpc) is 3.61. The average molecular weight is 452 g/mol. The quantitative estimate of drug-likeness (QED) is 0.590. The number of hydrogen-bond acceptors (Lipinski definition) is 5. The second kappa shape index (κ2) is 10.1. The fourth-order valence-electron chi connectivity index (χ4n) is 3.45. The van der Waals surface area contributed by atoms with Gasteiger partial charge in [0, 0.05) is 30.8 Å². The molecule has 2 aromatic carbocycles. The van der Waals surface area contributed by atoms with E-state index in [0.717, 1.165) is 36.1 Å². The third-order valence-corrected chi connectivity index (χ3v) is 5.34. The summed E-state index contributed by atoms with van der Waals surface area (Å²) in [6, 6.07) is 8.78. The summed E-state index contributed by atoms with van der Waals surface area (Å²) >= 11 is 0. The first kappa shape index (κ1) is 23.7. The van der Waals surface area contributed by atoms with Crippen molar-refractivity contribution >= 4 is 5.91 Å². The van der Waals surface area contributed by atoms with Gasteiger partial charge in [-0.15, -0.1) is 0 Å². The number of hydrogen-bond donors (Lipinski definition) is 1. The number of alkyl halides is 3. The third-order valence-electron chi connectivity index (χ3n) is 5.34. The van der Waals surface area contributed by atoms with E-state index in [1.807, 2.05) is 4.90 Å². The van der Waals surface area contributed by atoms with Crippen LogP contribution in [0.15, 0.2) is 36.4 Å². The summed E-state index contributed by atoms with van der Waals surface area (Å²) in [6.45, 7) is 0.804. The minimum Gasteiger partial charge on any atom is -0.496 e. The third kappa shape index (κ3) is 6.06. The van der Waals surface area contributed by atoms with E-state index in [1.165, 1.54) is 33.5 Å². The first-order valence-electron chi connectivity index (χ1n) is 10.2. The Balaban J connectivity index is 1.61. The Morgan fingerprint density at radius 3 is 2.12 bits per heavy atom. The Labute approximate surface area is 185 Å². The number of amides is 1. The number of carbonyl (C=O) groups is 1. The molecule has 0 radical (unpaired) electrons. The monoisotopic (exact) mass is 452 g/mol. The highest BCUT2D eigenvalue weighted by Gasteiger charge is 2.32. The van der Waals surface area contributed by atoms with E-state index >= 15 is 0 Å². The van der Waals surface area contributed by atoms with Crippen LogP contribution in [0.25, 0.3) is 0 Å². The highest BCUT2D eigenvalue weighted by molar-refractivity contribution is 5.78. The first-order valence-corrected chi connectivity index (χ1v) is 10.2. The number of nitrogens with one attached hydrogen (secondary N) is 1. The van der Waals surface area contributed by atoms with Crippen molar-refractivity contribution in [2.45, 2.75) is 38.1 Å². The van der Waals surface area contributed by atoms with Crippen LogP contribution in [0.1, 0.15) is 29.5 Å². The van der Waals surface area contributed by atoms with Crippen LogP contribution < -0.4 is 19.5 Å². The minimum atomic E-state index is -4.36. The van der Waals surface area contributed by atoms with E-state index in [0.29, 0.717) is 23.8 Å². The molecule has 1 saturated carbocycles. The van der Waals surface area contributed by atoms with Crippen LogP contribution in [0, 0.1) is 0 Å². The number of carbonyl (C=O) groups excluding carboxylic acids is 1. The summed E-state index contributed by atoms with van der Waals surface area (Å²) in [4.78, 5) is 14.6. The second-order valence-corrected chi connectivity index (χ2v) is 7.63. The summed E-state index contributed by atoms with van der Waals surface area (Å²) in [5.41, 5.74) is 0.791. The minimum absolute atomic E-state index is 0.154. The van der Waals surface area contributed by atoms with E-state index in [4.69, 9.17) is 14.2 Å². The molecule has 0 heterocycles. The molecule has 0 spiro atoms. The summed E-state index contributed by atoms with van der Waals surface area (Å²) in [5.74, 6) is 1.43. The van der Waals surface area contributed by atoms with Gasteiger partial charge in [-0.2, -0.15) is 13.2 Å². The molecule has 1 aliphatic rings. The van der Waals surface area contributed by atoms with Crippen molar-refractivity contribution in [2.75, 3.05) is 27.9 Å². The van der Waals surface area contributed by atoms with Gasteiger partial charge in [0.25, 0.3) is 0 Å². The molecule has 1 aliphatic carbocycles. The van der Waals surface area contributed by atoms with Gasteiger partial charge in [-0.25, -0.2) is 0 Å². The van der Waals surface area contributed by atoms with Crippen LogP contribution in [0.5, 0.6) is 17.2 Å². The van der Waals surface area contributed by atoms with Crippen LogP contribution in [0.3, 0.4) is 0 Å². The standard InChI is InChI=1S/C23H27F3N2O4/c1-30-19-11-21(32-3)20(31-2)10-16(19)12-27-22(29)14-28(18-8-9-18)13-15-4-6-17(7-5-15)23(24,25)26/h4-7,10-11,18H,8-9,12-14H2,1-3H3,(H,27,29). The Morgan fingerprint density at radius 1 is 1.00 bits per heavy atom. The van der Waals surface area contributed by atoms with Gasteiger partial charge >= 0.3 is 6.18 Å². The summed E-state index contributed by atoms with van der Waals surface area (Å²) in [5, 5.41) is 2.88. The normalized spacial score (nSPS) is 13.7. The van der Waals surface area contributed by atoms with Crippen LogP contribution in [0.4, 0.5) is 13.2 Å². The van der Waals surface area contributed by atoms with Crippen molar-refractivity contribution in [3.8, 4) is 17.2 Å². The predicted octanol–water partition coefficient (Wildman–Crippen LogP) is 4.01. The molecule has 32 heavy (non-hydrogen) atoms. The molecule has 1 amide bonds. The lowest BCUT2D eigenvalue weighted by molar-refractivity contribution is -0.137. The number of methoxy groups -OCH3 is 3. The molecule has 0 aliphatic heterocycles. The van der Waals surface area contributed by atoms with Crippen LogP contribution >= 0.6 is 0 Å². The highest BCUT2D eigenvalue weighted by atomic mass is 19.4. The van der Waals surface area contributed by atoms with Crippen molar-refractivity contribution in [1.82, 2.24) is 10.2 Å². The lowest BCUT2D eigenvalue weighted by Gasteiger charge is -2.22. The van der Waals surface area contributed by atoms with E-state index in [1.54, 1.807) is 12.1 Å². The van der Waals surface area contributed by atoms with Crippen molar-refractivity contribution in [3.05, 3.63) is 53.1 Å². The fourth-order valence-corrected chi connectivity index (χ4v) is 3.45. The fraction of sp³-hybridized carbons (Fsp3) is 0.435. The number of ether oxygens (including phenoxy) is 3. The Kier molecular flexibility index (Phi) is 7.50. The number of rotatable bonds is 10. The van der Waals surface area contributed by atoms with E-state index < -0.39 is 11.7 Å². The zero-order valence-electron chi connectivity index (χ0n) is 18.3. The van der Waals surface area contributed by atoms with Gasteiger partial charge in [0.1, 0.15) is 5.75 Å². The van der Waals surface area contributed by atoms with Gasteiger partial charge in [-0.05, 0) is 36.6 Å². The van der Waals surface area contributed by atoms with Crippen molar-refractivity contribution in [1.29, 1.82) is 0 Å². The van der Waals surface area contributed by atoms with Crippen molar-refractivity contribution < 1.29 is 32.2 Å². The van der Waals surface area contributed by atoms with E-state index in [2.05, 4.69) is 5.32 Å². The highest BCUT2D eigenvalue weighted by Crippen LogP contribution is 2.35. The molecular weight excluding hydrogens is 425 g/mol. The molecule has 2 aromatic rings. The molecule has 0 bridgehead atoms. The summed E-state index contributed by atoms with van der Waals surface area (Å²) in [6.07, 6.45) is -2.42. The van der Waals surface area contributed by atoms with E-state index in [-0.39, 0.29) is 25.0 Å². The molecule has 0 saturated heterocycles. The molecule has 6 nitrogen and oxygen atoms in total. The second-order valence-electron chi connectivity index (χ2n) is 7.63. The van der Waals surface area contributed by atoms with Crippen LogP contribution in [-0.4, -0.2) is 44.7 Å². The van der Waals surface area contributed by atoms with Crippen molar-refractivity contribution in [2.24, 2.45) is 0 Å². The SMILES string of the molecule is COc1cc(OC)c(OC)cc1CNC(=O)CN(Cc1ccc(C(F)(F)F)cc1)C1CC1. The molecule has 0 unspecified atom stereocenters. The summed E-state index contributed by atoms with van der Waals surface area (Å²) < 4.78 is 54.3. The smallest absolute Gasteiger partial charge is 0.416 e. The van der Waals surface area contributed by atoms with Crippen LogP contribution in [0.2, 0.25) is 0 Å². The zero-order valence-corrected chi connectivity index (χ0v) is 18.3. The van der Waals surface area contributed by atoms with Gasteiger partial charge < -0.3 is 19.5 Å². The Hall–Kier alpha value is -2.94. The van der Waals surface area contributed by atoms with Gasteiger partial charge in [-0.1, -0.05) is 12.1 Å². The lowest BCUT2D eigenvalue weighted by Crippen LogP contribution is -2.37. The van der Waals surface area contributed by atoms with Gasteiger partial charge in [0.2, 0.25) is 5.91 Å². The maximum absolute atomic E-state index is 12.8. The lowest BCUT2D eigenvalue weighted by atomic mass is 10.1. The van der Waals surface area contributed by atoms with E-state index in [9.17, 15) is 18.0 Å². The van der Waals surface area contributed by atoms with Gasteiger partial charge in [0.15, 0.2) is 11.5 Å². The predicted molar refractivity (Wildman–Crippen MR) is 113 cm³/mol. The Morgan fingerprint density at radius 2 is 1.59 bits per heavy atom. The molecule has 0 atom stereocenters. The molecule has 9 heteroatoms. The molecule has 3 rings (SSSR count).